The molecule has 116 heavy (non-hydrogen) atoms. The molecular formula is C97H176O19. The van der Waals surface area contributed by atoms with E-state index in [2.05, 4.69) is 102 Å². The van der Waals surface area contributed by atoms with E-state index in [1.807, 2.05) is 27.7 Å². The number of esters is 7. The smallest absolute Gasteiger partial charge is 0.314 e. The molecule has 19 nitrogen and oxygen atoms in total. The molecule has 25 unspecified atom stereocenters. The molecule has 0 spiro atoms. The highest BCUT2D eigenvalue weighted by Crippen LogP contribution is 2.52. The monoisotopic (exact) mass is 1650 g/mol. The summed E-state index contributed by atoms with van der Waals surface area (Å²) in [5, 5.41) is 20.5. The van der Waals surface area contributed by atoms with Crippen LogP contribution in [-0.4, -0.2) is 135 Å². The van der Waals surface area contributed by atoms with Gasteiger partial charge in [0, 0.05) is 20.0 Å². The zero-order valence-electron chi connectivity index (χ0n) is 78.3. The van der Waals surface area contributed by atoms with Crippen LogP contribution in [-0.2, 0) is 80.9 Å². The van der Waals surface area contributed by atoms with E-state index in [0.717, 1.165) is 107 Å². The maximum absolute atomic E-state index is 12.6. The largest absolute Gasteiger partial charge is 0.469 e. The minimum atomic E-state index is -0.955. The van der Waals surface area contributed by atoms with Crippen LogP contribution in [0.3, 0.4) is 0 Å². The first-order valence-electron chi connectivity index (χ1n) is 47.3. The number of aliphatic hydroxyl groups excluding tert-OH is 1. The highest BCUT2D eigenvalue weighted by molar-refractivity contribution is 5.77. The Hall–Kier alpha value is -3.91. The summed E-state index contributed by atoms with van der Waals surface area (Å²) in [7, 11) is 4.22. The molecule has 0 aromatic heterocycles. The zero-order chi connectivity index (χ0) is 87.0. The molecule has 1 aliphatic heterocycles. The molecule has 0 aromatic carbocycles. The first-order valence-corrected chi connectivity index (χ1v) is 47.3. The molecule has 8 aliphatic rings. The number of ether oxygens (including phenoxy) is 10. The summed E-state index contributed by atoms with van der Waals surface area (Å²) in [5.41, 5.74) is -1.74. The molecule has 1 saturated heterocycles. The molecule has 1 heterocycles. The summed E-state index contributed by atoms with van der Waals surface area (Å²) in [6, 6.07) is 0. The third-order valence-electron chi connectivity index (χ3n) is 28.8. The van der Waals surface area contributed by atoms with Gasteiger partial charge in [0.15, 0.2) is 6.29 Å². The van der Waals surface area contributed by atoms with Gasteiger partial charge in [0.05, 0.1) is 88.9 Å². The zero-order valence-corrected chi connectivity index (χ0v) is 78.3. The molecule has 0 bridgehead atoms. The predicted molar refractivity (Wildman–Crippen MR) is 461 cm³/mol. The maximum atomic E-state index is 12.6. The van der Waals surface area contributed by atoms with Gasteiger partial charge in [-0.3, -0.25) is 33.6 Å². The lowest BCUT2D eigenvalue weighted by Gasteiger charge is -2.33. The molecule has 8 fully saturated rings. The van der Waals surface area contributed by atoms with E-state index in [9.17, 15) is 43.8 Å². The van der Waals surface area contributed by atoms with Gasteiger partial charge >= 0.3 is 41.8 Å². The molecule has 0 radical (unpaired) electrons. The number of aliphatic hydroxyl groups is 2. The van der Waals surface area contributed by atoms with Gasteiger partial charge in [-0.2, -0.15) is 0 Å². The Labute approximate surface area is 707 Å². The van der Waals surface area contributed by atoms with Crippen molar-refractivity contribution in [1.29, 1.82) is 0 Å². The lowest BCUT2D eigenvalue weighted by molar-refractivity contribution is -0.199. The van der Waals surface area contributed by atoms with E-state index < -0.39 is 23.6 Å². The first kappa shape index (κ1) is 106. The highest BCUT2D eigenvalue weighted by Gasteiger charge is 2.50. The van der Waals surface area contributed by atoms with E-state index in [-0.39, 0.29) is 96.8 Å². The molecular weight excluding hydrogens is 1470 g/mol. The average Bonchev–Trinajstić information content (AvgIpc) is 1.63. The van der Waals surface area contributed by atoms with Gasteiger partial charge in [-0.05, 0) is 258 Å². The molecule has 0 amide bonds. The number of carbonyl (C=O) groups is 7. The van der Waals surface area contributed by atoms with Crippen molar-refractivity contribution in [3.05, 3.63) is 0 Å². The third kappa shape index (κ3) is 36.6. The Morgan fingerprint density at radius 1 is 0.500 bits per heavy atom. The summed E-state index contributed by atoms with van der Waals surface area (Å²) < 4.78 is 53.3. The second kappa shape index (κ2) is 55.3. The Balaban J connectivity index is 0.000000361. The predicted octanol–water partition coefficient (Wildman–Crippen LogP) is 22.3. The van der Waals surface area contributed by atoms with Gasteiger partial charge in [0.1, 0.15) is 11.7 Å². The van der Waals surface area contributed by atoms with Crippen molar-refractivity contribution >= 4 is 41.8 Å². The molecule has 7 saturated carbocycles. The third-order valence-corrected chi connectivity index (χ3v) is 28.8. The van der Waals surface area contributed by atoms with E-state index in [1.54, 1.807) is 13.8 Å². The fraction of sp³-hybridized carbons (Fsp3) is 0.928. The van der Waals surface area contributed by atoms with Crippen LogP contribution in [0.15, 0.2) is 0 Å². The van der Waals surface area contributed by atoms with Crippen molar-refractivity contribution in [2.24, 2.45) is 112 Å². The van der Waals surface area contributed by atoms with E-state index in [1.165, 1.54) is 157 Å². The lowest BCUT2D eigenvalue weighted by atomic mass is 9.78. The lowest BCUT2D eigenvalue weighted by Crippen LogP contribution is -2.37. The maximum Gasteiger partial charge on any atom is 0.314 e. The van der Waals surface area contributed by atoms with Gasteiger partial charge < -0.3 is 57.6 Å². The van der Waals surface area contributed by atoms with Crippen LogP contribution in [0.25, 0.3) is 0 Å². The van der Waals surface area contributed by atoms with Gasteiger partial charge in [0.25, 0.3) is 0 Å². The van der Waals surface area contributed by atoms with Gasteiger partial charge in [-0.15, -0.1) is 0 Å². The quantitative estimate of drug-likeness (QED) is 0.0340. The Kier molecular flexibility index (Phi) is 50.6. The second-order valence-corrected chi connectivity index (χ2v) is 38.1. The van der Waals surface area contributed by atoms with Crippen molar-refractivity contribution in [3.63, 3.8) is 0 Å². The first-order chi connectivity index (χ1) is 55.0. The number of hydrogen-bond donors (Lipinski definition) is 2. The summed E-state index contributed by atoms with van der Waals surface area (Å²) in [5.74, 6) is 9.07. The molecule has 7 aliphatic carbocycles. The van der Waals surface area contributed by atoms with Crippen LogP contribution in [0.4, 0.5) is 0 Å². The summed E-state index contributed by atoms with van der Waals surface area (Å²) >= 11 is 0. The standard InChI is InChI=1S/C19H34O3.C18H34O3.C16H28O3.C15H26O4.C15H28O3.C14H26O3/c1-4-14-11-15(5-2)17(12-14)18(13-19(20)21-3)22-16-9-7-6-8-10-16;1-7-13-9-14(8-2)15(10-13)11-18(6,20)12-16(19)21-17(3,4)5;1-4-12-10-13(5-2)16(3,11-12)15(17)19-14-8-6-7-9-18-14;1-5-11-7-12(6-2)13(8-11)14(19-10(3)16)9-15(17)18-4;1-6-12-9-13(7-2)14(10(12)4)15(16)18-11(5)17-8-3;1-4-10-6-11(5-2)12(7-10)8-13(15)9-14(16)17-3/h14-18H,4-13H2,1-3H3;13-15,20H,7-12H2,1-6H3;12-14H,4-11H2,1-3H3;11-14H,5-9H2,1-4H3;10-14H,6-9H2,1-5H3;10-13,15H,4-9H2,1-3H3. The van der Waals surface area contributed by atoms with Gasteiger partial charge in [-0.25, -0.2) is 0 Å². The van der Waals surface area contributed by atoms with Gasteiger partial charge in [0.2, 0.25) is 6.29 Å². The molecule has 2 N–H and O–H groups in total. The van der Waals surface area contributed by atoms with Crippen LogP contribution in [0.5, 0.6) is 0 Å². The van der Waals surface area contributed by atoms with Crippen LogP contribution in [0, 0.1) is 112 Å². The molecule has 25 atom stereocenters. The Bertz CT molecular complexity index is 2730. The minimum Gasteiger partial charge on any atom is -0.469 e. The molecule has 678 valence electrons. The van der Waals surface area contributed by atoms with Gasteiger partial charge in [-0.1, -0.05) is 186 Å². The topological polar surface area (TPSA) is 252 Å². The van der Waals surface area contributed by atoms with Crippen LogP contribution < -0.4 is 0 Å². The molecule has 8 rings (SSSR count). The van der Waals surface area contributed by atoms with Crippen molar-refractivity contribution in [2.45, 2.75) is 431 Å². The fourth-order valence-corrected chi connectivity index (χ4v) is 21.8. The highest BCUT2D eigenvalue weighted by atomic mass is 16.7. The molecule has 19 heteroatoms. The van der Waals surface area contributed by atoms with Crippen LogP contribution in [0.1, 0.15) is 383 Å². The van der Waals surface area contributed by atoms with Crippen molar-refractivity contribution in [2.75, 3.05) is 34.5 Å². The summed E-state index contributed by atoms with van der Waals surface area (Å²) in [6.07, 6.45) is 37.4. The van der Waals surface area contributed by atoms with Crippen molar-refractivity contribution in [3.8, 4) is 0 Å². The second-order valence-electron chi connectivity index (χ2n) is 38.1. The molecule has 0 aromatic rings. The normalized spacial score (nSPS) is 31.8. The Morgan fingerprint density at radius 2 is 0.966 bits per heavy atom. The number of hydrogen-bond acceptors (Lipinski definition) is 19. The summed E-state index contributed by atoms with van der Waals surface area (Å²) in [4.78, 5) is 82.5. The SMILES string of the molecule is CCC1CC(CC)C(C(CC(=O)OC)OC(C)=O)C1.CCC1CC(CC)C(C(CC(=O)OC)OC2CCCCC2)C1.CCC1CC(CC)C(C)(C(=O)OC2CCCCO2)C1.CCC1CC(CC)C(CC(C)(O)CC(=O)OC(C)(C)C)C1.CCC1CC(CC)C(CC(O)CC(=O)OC)C1.CCOC(C)OC(=O)C1C(CC)CC(CC)C1C. The summed E-state index contributed by atoms with van der Waals surface area (Å²) in [6.45, 7) is 44.7. The van der Waals surface area contributed by atoms with Crippen molar-refractivity contribution < 1.29 is 91.1 Å². The van der Waals surface area contributed by atoms with E-state index in [0.29, 0.717) is 96.6 Å². The fourth-order valence-electron chi connectivity index (χ4n) is 21.8. The van der Waals surface area contributed by atoms with E-state index >= 15 is 0 Å². The van der Waals surface area contributed by atoms with E-state index in [4.69, 9.17) is 42.6 Å². The van der Waals surface area contributed by atoms with Crippen molar-refractivity contribution in [1.82, 2.24) is 0 Å². The van der Waals surface area contributed by atoms with Crippen LogP contribution in [0.2, 0.25) is 0 Å². The number of rotatable bonds is 35. The Morgan fingerprint density at radius 3 is 1.43 bits per heavy atom. The minimum absolute atomic E-state index is 0.0257. The number of carbonyl (C=O) groups excluding carboxylic acids is 7. The average molecular weight is 1650 g/mol. The van der Waals surface area contributed by atoms with Crippen LogP contribution >= 0.6 is 0 Å². The number of methoxy groups -OCH3 is 3.